The minimum atomic E-state index is 0.218. The smallest absolute Gasteiger partial charge is 0.224 e. The summed E-state index contributed by atoms with van der Waals surface area (Å²) in [7, 11) is 0. The van der Waals surface area contributed by atoms with Crippen LogP contribution in [0.15, 0.2) is 28.9 Å². The molecule has 1 aliphatic heterocycles. The summed E-state index contributed by atoms with van der Waals surface area (Å²) in [4.78, 5) is 16.6. The Morgan fingerprint density at radius 3 is 2.65 bits per heavy atom. The summed E-state index contributed by atoms with van der Waals surface area (Å²) in [6, 6.07) is 5.94. The molecule has 0 spiro atoms. The second kappa shape index (κ2) is 7.00. The van der Waals surface area contributed by atoms with Gasteiger partial charge in [-0.3, -0.25) is 14.4 Å². The minimum absolute atomic E-state index is 0.218. The molecule has 23 heavy (non-hydrogen) atoms. The highest BCUT2D eigenvalue weighted by Gasteiger charge is 2.21. The molecular weight excluding hydrogens is 292 g/mol. The van der Waals surface area contributed by atoms with E-state index in [2.05, 4.69) is 10.00 Å². The summed E-state index contributed by atoms with van der Waals surface area (Å²) >= 11 is 0. The Morgan fingerprint density at radius 1 is 1.26 bits per heavy atom. The van der Waals surface area contributed by atoms with E-state index in [-0.39, 0.29) is 5.91 Å². The van der Waals surface area contributed by atoms with Gasteiger partial charge in [-0.15, -0.1) is 0 Å². The third kappa shape index (κ3) is 4.01. The number of carbonyl (C=O) groups excluding carboxylic acids is 1. The van der Waals surface area contributed by atoms with Crippen molar-refractivity contribution in [3.63, 3.8) is 0 Å². The van der Waals surface area contributed by atoms with Gasteiger partial charge in [0.2, 0.25) is 5.91 Å². The fraction of sp³-hybridized carbons (Fsp3) is 0.529. The Kier molecular flexibility index (Phi) is 4.81. The average molecular weight is 316 g/mol. The molecule has 6 heteroatoms. The van der Waals surface area contributed by atoms with E-state index in [1.807, 2.05) is 41.6 Å². The van der Waals surface area contributed by atoms with E-state index in [9.17, 15) is 4.79 Å². The molecule has 1 fully saturated rings. The summed E-state index contributed by atoms with van der Waals surface area (Å²) in [5.74, 6) is 1.20. The van der Waals surface area contributed by atoms with Crippen LogP contribution in [0.2, 0.25) is 0 Å². The van der Waals surface area contributed by atoms with E-state index in [0.29, 0.717) is 13.0 Å². The van der Waals surface area contributed by atoms with Crippen LogP contribution in [-0.4, -0.2) is 51.7 Å². The minimum Gasteiger partial charge on any atom is -0.468 e. The molecule has 0 N–H and O–H groups in total. The number of aromatic nitrogens is 2. The van der Waals surface area contributed by atoms with Crippen LogP contribution in [0.1, 0.15) is 23.6 Å². The highest BCUT2D eigenvalue weighted by molar-refractivity contribution is 5.76. The van der Waals surface area contributed by atoms with Gasteiger partial charge in [-0.2, -0.15) is 5.10 Å². The molecule has 0 radical (unpaired) electrons. The maximum Gasteiger partial charge on any atom is 0.224 e. The molecule has 0 atom stereocenters. The second-order valence-electron chi connectivity index (χ2n) is 6.14. The SMILES string of the molecule is Cc1cc(C)n(CCC(=O)N2CCN(Cc3ccco3)CC2)n1. The highest BCUT2D eigenvalue weighted by atomic mass is 16.3. The van der Waals surface area contributed by atoms with Crippen LogP contribution in [0.3, 0.4) is 0 Å². The van der Waals surface area contributed by atoms with Crippen LogP contribution in [0.25, 0.3) is 0 Å². The Bertz CT molecular complexity index is 640. The molecule has 1 saturated heterocycles. The third-order valence-corrected chi connectivity index (χ3v) is 4.33. The van der Waals surface area contributed by atoms with Crippen LogP contribution >= 0.6 is 0 Å². The number of hydrogen-bond donors (Lipinski definition) is 0. The fourth-order valence-electron chi connectivity index (χ4n) is 3.04. The molecule has 6 nitrogen and oxygen atoms in total. The van der Waals surface area contributed by atoms with Crippen LogP contribution in [0, 0.1) is 13.8 Å². The van der Waals surface area contributed by atoms with E-state index < -0.39 is 0 Å². The van der Waals surface area contributed by atoms with Crippen LogP contribution in [0.4, 0.5) is 0 Å². The number of furan rings is 1. The molecule has 1 amide bonds. The number of hydrogen-bond acceptors (Lipinski definition) is 4. The van der Waals surface area contributed by atoms with Crippen molar-refractivity contribution in [2.45, 2.75) is 33.4 Å². The van der Waals surface area contributed by atoms with E-state index in [0.717, 1.165) is 49.9 Å². The lowest BCUT2D eigenvalue weighted by atomic mass is 10.2. The van der Waals surface area contributed by atoms with Crippen molar-refractivity contribution in [1.29, 1.82) is 0 Å². The van der Waals surface area contributed by atoms with Crippen molar-refractivity contribution in [1.82, 2.24) is 19.6 Å². The molecule has 2 aromatic rings. The highest BCUT2D eigenvalue weighted by Crippen LogP contribution is 2.10. The first-order valence-corrected chi connectivity index (χ1v) is 8.15. The zero-order chi connectivity index (χ0) is 16.2. The number of amides is 1. The summed E-state index contributed by atoms with van der Waals surface area (Å²) in [6.45, 7) is 8.85. The topological polar surface area (TPSA) is 54.5 Å². The van der Waals surface area contributed by atoms with Gasteiger partial charge >= 0.3 is 0 Å². The first-order valence-electron chi connectivity index (χ1n) is 8.15. The molecule has 2 aromatic heterocycles. The number of piperazine rings is 1. The van der Waals surface area contributed by atoms with Crippen LogP contribution in [-0.2, 0) is 17.9 Å². The predicted molar refractivity (Wildman–Crippen MR) is 86.9 cm³/mol. The lowest BCUT2D eigenvalue weighted by molar-refractivity contribution is -0.133. The van der Waals surface area contributed by atoms with Gasteiger partial charge in [0.05, 0.1) is 18.5 Å². The molecular formula is C17H24N4O2. The fourth-order valence-corrected chi connectivity index (χ4v) is 3.04. The Morgan fingerprint density at radius 2 is 2.04 bits per heavy atom. The monoisotopic (exact) mass is 316 g/mol. The largest absolute Gasteiger partial charge is 0.468 e. The molecule has 0 aromatic carbocycles. The van der Waals surface area contributed by atoms with E-state index in [4.69, 9.17) is 4.42 Å². The predicted octanol–water partition coefficient (Wildman–Crippen LogP) is 1.83. The Balaban J connectivity index is 1.44. The molecule has 1 aliphatic rings. The normalized spacial score (nSPS) is 16.0. The first-order chi connectivity index (χ1) is 11.1. The van der Waals surface area contributed by atoms with Crippen molar-refractivity contribution in [3.8, 4) is 0 Å². The lowest BCUT2D eigenvalue weighted by Crippen LogP contribution is -2.48. The first kappa shape index (κ1) is 15.8. The lowest BCUT2D eigenvalue weighted by Gasteiger charge is -2.34. The Hall–Kier alpha value is -2.08. The molecule has 3 rings (SSSR count). The Labute approximate surface area is 136 Å². The number of carbonyl (C=O) groups is 1. The second-order valence-corrected chi connectivity index (χ2v) is 6.14. The zero-order valence-corrected chi connectivity index (χ0v) is 13.9. The molecule has 0 aliphatic carbocycles. The van der Waals surface area contributed by atoms with Crippen LogP contribution < -0.4 is 0 Å². The van der Waals surface area contributed by atoms with Gasteiger partial charge in [0.25, 0.3) is 0 Å². The van der Waals surface area contributed by atoms with Gasteiger partial charge in [0.1, 0.15) is 5.76 Å². The molecule has 0 bridgehead atoms. The van der Waals surface area contributed by atoms with Crippen LogP contribution in [0.5, 0.6) is 0 Å². The molecule has 0 unspecified atom stereocenters. The zero-order valence-electron chi connectivity index (χ0n) is 13.9. The van der Waals surface area contributed by atoms with Gasteiger partial charge in [0.15, 0.2) is 0 Å². The van der Waals surface area contributed by atoms with Gasteiger partial charge in [-0.05, 0) is 32.0 Å². The molecule has 3 heterocycles. The maximum atomic E-state index is 12.4. The summed E-state index contributed by atoms with van der Waals surface area (Å²) in [5, 5.41) is 4.41. The van der Waals surface area contributed by atoms with Crippen molar-refractivity contribution in [2.24, 2.45) is 0 Å². The van der Waals surface area contributed by atoms with Crippen molar-refractivity contribution in [3.05, 3.63) is 41.6 Å². The number of aryl methyl sites for hydroxylation is 3. The van der Waals surface area contributed by atoms with E-state index >= 15 is 0 Å². The van der Waals surface area contributed by atoms with Gasteiger partial charge in [-0.1, -0.05) is 0 Å². The number of nitrogens with zero attached hydrogens (tertiary/aromatic N) is 4. The summed E-state index contributed by atoms with van der Waals surface area (Å²) in [5.41, 5.74) is 2.11. The molecule has 124 valence electrons. The standard InChI is InChI=1S/C17H24N4O2/c1-14-12-15(2)21(18-14)6-5-17(22)20-9-7-19(8-10-20)13-16-4-3-11-23-16/h3-4,11-12H,5-10,13H2,1-2H3. The van der Waals surface area contributed by atoms with E-state index in [1.54, 1.807) is 6.26 Å². The van der Waals surface area contributed by atoms with Gasteiger partial charge in [-0.25, -0.2) is 0 Å². The summed E-state index contributed by atoms with van der Waals surface area (Å²) < 4.78 is 7.30. The van der Waals surface area contributed by atoms with E-state index in [1.165, 1.54) is 0 Å². The quantitative estimate of drug-likeness (QED) is 0.844. The number of rotatable bonds is 5. The van der Waals surface area contributed by atoms with Gasteiger partial charge in [0, 0.05) is 44.8 Å². The average Bonchev–Trinajstić information content (AvgIpc) is 3.15. The van der Waals surface area contributed by atoms with Crippen molar-refractivity contribution in [2.75, 3.05) is 26.2 Å². The third-order valence-electron chi connectivity index (χ3n) is 4.33. The van der Waals surface area contributed by atoms with Crippen molar-refractivity contribution < 1.29 is 9.21 Å². The van der Waals surface area contributed by atoms with Gasteiger partial charge < -0.3 is 9.32 Å². The van der Waals surface area contributed by atoms with Crippen molar-refractivity contribution >= 4 is 5.91 Å². The molecule has 0 saturated carbocycles. The summed E-state index contributed by atoms with van der Waals surface area (Å²) in [6.07, 6.45) is 2.22. The maximum absolute atomic E-state index is 12.4.